The molecular formula is C10H10N2O3. The zero-order valence-electron chi connectivity index (χ0n) is 8.42. The Morgan fingerprint density at radius 1 is 1.53 bits per heavy atom. The topological polar surface area (TPSA) is 94.0 Å². The zero-order valence-corrected chi connectivity index (χ0v) is 8.42. The fourth-order valence-corrected chi connectivity index (χ4v) is 1.46. The van der Waals surface area contributed by atoms with Crippen molar-refractivity contribution in [3.63, 3.8) is 0 Å². The van der Waals surface area contributed by atoms with Gasteiger partial charge < -0.3 is 10.1 Å². The Kier molecular flexibility index (Phi) is 2.90. The minimum atomic E-state index is -0.989. The van der Waals surface area contributed by atoms with Gasteiger partial charge in [-0.25, -0.2) is 0 Å². The van der Waals surface area contributed by atoms with Crippen molar-refractivity contribution in [1.29, 1.82) is 5.26 Å². The molecule has 0 aliphatic rings. The summed E-state index contributed by atoms with van der Waals surface area (Å²) < 4.78 is 0. The van der Waals surface area contributed by atoms with Gasteiger partial charge in [0.25, 0.3) is 5.56 Å². The second-order valence-electron chi connectivity index (χ2n) is 3.24. The van der Waals surface area contributed by atoms with Crippen molar-refractivity contribution in [2.24, 2.45) is 0 Å². The molecule has 0 unspecified atom stereocenters. The minimum absolute atomic E-state index is 0.0168. The lowest BCUT2D eigenvalue weighted by atomic mass is 10.0. The lowest BCUT2D eigenvalue weighted by Crippen LogP contribution is -2.18. The van der Waals surface area contributed by atoms with E-state index in [4.69, 9.17) is 10.4 Å². The van der Waals surface area contributed by atoms with Gasteiger partial charge in [0.2, 0.25) is 0 Å². The lowest BCUT2D eigenvalue weighted by molar-refractivity contribution is -0.136. The highest BCUT2D eigenvalue weighted by Crippen LogP contribution is 2.13. The second kappa shape index (κ2) is 3.96. The van der Waals surface area contributed by atoms with Crippen LogP contribution in [-0.2, 0) is 11.2 Å². The number of nitrogens with one attached hydrogen (secondary N) is 1. The molecule has 5 heteroatoms. The Morgan fingerprint density at radius 2 is 2.13 bits per heavy atom. The van der Waals surface area contributed by atoms with E-state index in [2.05, 4.69) is 4.98 Å². The number of aromatic amines is 1. The van der Waals surface area contributed by atoms with E-state index >= 15 is 0 Å². The second-order valence-corrected chi connectivity index (χ2v) is 3.24. The average Bonchev–Trinajstić information content (AvgIpc) is 2.12. The number of carboxylic acids is 1. The molecule has 78 valence electrons. The van der Waals surface area contributed by atoms with E-state index in [0.717, 1.165) is 0 Å². The number of carboxylic acid groups (broad SMARTS) is 1. The fourth-order valence-electron chi connectivity index (χ4n) is 1.46. The van der Waals surface area contributed by atoms with Gasteiger partial charge >= 0.3 is 5.97 Å². The lowest BCUT2D eigenvalue weighted by Gasteiger charge is -2.07. The van der Waals surface area contributed by atoms with Gasteiger partial charge in [-0.2, -0.15) is 5.26 Å². The molecule has 0 aromatic carbocycles. The Balaban J connectivity index is 3.47. The number of aryl methyl sites for hydroxylation is 1. The van der Waals surface area contributed by atoms with Gasteiger partial charge in [-0.05, 0) is 25.0 Å². The van der Waals surface area contributed by atoms with Crippen molar-refractivity contribution < 1.29 is 9.90 Å². The zero-order chi connectivity index (χ0) is 11.6. The number of carbonyl (C=O) groups is 1. The van der Waals surface area contributed by atoms with Gasteiger partial charge in [-0.15, -0.1) is 0 Å². The molecule has 1 rings (SSSR count). The highest BCUT2D eigenvalue weighted by molar-refractivity contribution is 5.71. The monoisotopic (exact) mass is 206 g/mol. The molecule has 15 heavy (non-hydrogen) atoms. The number of rotatable bonds is 2. The molecule has 0 radical (unpaired) electrons. The van der Waals surface area contributed by atoms with Gasteiger partial charge in [-0.1, -0.05) is 0 Å². The maximum absolute atomic E-state index is 11.3. The summed E-state index contributed by atoms with van der Waals surface area (Å²) in [5.74, 6) is -0.989. The highest BCUT2D eigenvalue weighted by atomic mass is 16.4. The third kappa shape index (κ3) is 2.05. The van der Waals surface area contributed by atoms with Crippen LogP contribution in [-0.4, -0.2) is 16.1 Å². The van der Waals surface area contributed by atoms with Crippen molar-refractivity contribution in [3.8, 4) is 6.07 Å². The van der Waals surface area contributed by atoms with Crippen molar-refractivity contribution in [2.45, 2.75) is 20.3 Å². The number of aliphatic carboxylic acids is 1. The van der Waals surface area contributed by atoms with Crippen molar-refractivity contribution in [1.82, 2.24) is 4.98 Å². The Morgan fingerprint density at radius 3 is 2.60 bits per heavy atom. The summed E-state index contributed by atoms with van der Waals surface area (Å²) in [7, 11) is 0. The molecule has 1 heterocycles. The molecule has 0 fully saturated rings. The molecule has 1 aromatic heterocycles. The average molecular weight is 206 g/mol. The molecule has 0 aliphatic carbocycles. The largest absolute Gasteiger partial charge is 0.481 e. The first-order chi connectivity index (χ1) is 6.97. The summed E-state index contributed by atoms with van der Waals surface area (Å²) in [5.41, 5.74) is 0.956. The summed E-state index contributed by atoms with van der Waals surface area (Å²) in [6, 6.07) is 1.77. The van der Waals surface area contributed by atoms with Crippen LogP contribution in [0.5, 0.6) is 0 Å². The highest BCUT2D eigenvalue weighted by Gasteiger charge is 2.13. The smallest absolute Gasteiger partial charge is 0.307 e. The molecule has 0 atom stereocenters. The van der Waals surface area contributed by atoms with E-state index in [0.29, 0.717) is 16.8 Å². The fraction of sp³-hybridized carbons (Fsp3) is 0.300. The van der Waals surface area contributed by atoms with Crippen LogP contribution in [0.3, 0.4) is 0 Å². The molecule has 1 aromatic rings. The van der Waals surface area contributed by atoms with Crippen LogP contribution in [0.2, 0.25) is 0 Å². The van der Waals surface area contributed by atoms with Crippen LogP contribution in [0, 0.1) is 25.2 Å². The first-order valence-corrected chi connectivity index (χ1v) is 4.31. The predicted molar refractivity (Wildman–Crippen MR) is 52.6 cm³/mol. The van der Waals surface area contributed by atoms with Crippen molar-refractivity contribution in [2.75, 3.05) is 0 Å². The molecule has 2 N–H and O–H groups in total. The third-order valence-electron chi connectivity index (χ3n) is 2.25. The Hall–Kier alpha value is -2.09. The van der Waals surface area contributed by atoms with E-state index in [1.807, 2.05) is 0 Å². The number of pyridine rings is 1. The number of H-pyrrole nitrogens is 1. The van der Waals surface area contributed by atoms with Crippen LogP contribution in [0.15, 0.2) is 4.79 Å². The van der Waals surface area contributed by atoms with Gasteiger partial charge in [0.05, 0.1) is 6.42 Å². The number of nitrogens with zero attached hydrogens (tertiary/aromatic N) is 1. The number of hydrogen-bond donors (Lipinski definition) is 2. The first-order valence-electron chi connectivity index (χ1n) is 4.31. The third-order valence-corrected chi connectivity index (χ3v) is 2.25. The molecule has 5 nitrogen and oxygen atoms in total. The summed E-state index contributed by atoms with van der Waals surface area (Å²) in [4.78, 5) is 24.4. The summed E-state index contributed by atoms with van der Waals surface area (Å²) in [6.45, 7) is 3.20. The molecule has 0 aliphatic heterocycles. The van der Waals surface area contributed by atoms with Crippen molar-refractivity contribution in [3.05, 3.63) is 32.7 Å². The van der Waals surface area contributed by atoms with Crippen LogP contribution < -0.4 is 5.56 Å². The SMILES string of the molecule is Cc1[nH]c(=O)c(C#N)c(C)c1CC(=O)O. The van der Waals surface area contributed by atoms with E-state index in [9.17, 15) is 9.59 Å². The molecule has 0 saturated heterocycles. The molecule has 0 saturated carbocycles. The van der Waals surface area contributed by atoms with E-state index in [-0.39, 0.29) is 12.0 Å². The Labute approximate surface area is 86.0 Å². The maximum atomic E-state index is 11.3. The number of aromatic nitrogens is 1. The normalized spacial score (nSPS) is 9.67. The van der Waals surface area contributed by atoms with Gasteiger partial charge in [0, 0.05) is 5.69 Å². The standard InChI is InChI=1S/C10H10N2O3/c1-5-7(3-9(13)14)6(2)12-10(15)8(5)4-11/h3H2,1-2H3,(H,12,15)(H,13,14). The van der Waals surface area contributed by atoms with E-state index in [1.165, 1.54) is 0 Å². The molecular weight excluding hydrogens is 196 g/mol. The van der Waals surface area contributed by atoms with Crippen LogP contribution >= 0.6 is 0 Å². The van der Waals surface area contributed by atoms with Crippen molar-refractivity contribution >= 4 is 5.97 Å². The van der Waals surface area contributed by atoms with Gasteiger partial charge in [0.1, 0.15) is 11.6 Å². The summed E-state index contributed by atoms with van der Waals surface area (Å²) in [5, 5.41) is 17.4. The van der Waals surface area contributed by atoms with Crippen LogP contribution in [0.1, 0.15) is 22.4 Å². The first kappa shape index (κ1) is 11.0. The van der Waals surface area contributed by atoms with Gasteiger partial charge in [-0.3, -0.25) is 9.59 Å². The molecule has 0 amide bonds. The number of hydrogen-bond acceptors (Lipinski definition) is 3. The van der Waals surface area contributed by atoms with E-state index in [1.54, 1.807) is 19.9 Å². The quantitative estimate of drug-likeness (QED) is 0.736. The van der Waals surface area contributed by atoms with E-state index < -0.39 is 11.5 Å². The van der Waals surface area contributed by atoms with Crippen LogP contribution in [0.4, 0.5) is 0 Å². The van der Waals surface area contributed by atoms with Crippen LogP contribution in [0.25, 0.3) is 0 Å². The Bertz CT molecular complexity index is 509. The van der Waals surface area contributed by atoms with Gasteiger partial charge in [0.15, 0.2) is 0 Å². The molecule has 0 spiro atoms. The summed E-state index contributed by atoms with van der Waals surface area (Å²) in [6.07, 6.45) is -0.191. The minimum Gasteiger partial charge on any atom is -0.481 e. The summed E-state index contributed by atoms with van der Waals surface area (Å²) >= 11 is 0. The predicted octanol–water partition coefficient (Wildman–Crippen LogP) is 0.491. The maximum Gasteiger partial charge on any atom is 0.307 e. The number of nitriles is 1. The molecule has 0 bridgehead atoms.